The largest absolute Gasteiger partial charge is 0.373 e. The second-order valence-electron chi connectivity index (χ2n) is 4.39. The predicted octanol–water partition coefficient (Wildman–Crippen LogP) is 1.78. The summed E-state index contributed by atoms with van der Waals surface area (Å²) in [7, 11) is 2.13. The topological polar surface area (TPSA) is 42.2 Å². The van der Waals surface area contributed by atoms with E-state index >= 15 is 0 Å². The van der Waals surface area contributed by atoms with Gasteiger partial charge in [0, 0.05) is 26.3 Å². The SMILES string of the molecule is CN(CC1CCC1)c1cnccc1CN. The van der Waals surface area contributed by atoms with Crippen LogP contribution in [0.1, 0.15) is 24.8 Å². The number of pyridine rings is 1. The molecule has 82 valence electrons. The summed E-state index contributed by atoms with van der Waals surface area (Å²) in [5.74, 6) is 0.876. The molecule has 0 aliphatic heterocycles. The van der Waals surface area contributed by atoms with Crippen LogP contribution in [0.15, 0.2) is 18.5 Å². The van der Waals surface area contributed by atoms with Crippen LogP contribution in [0.4, 0.5) is 5.69 Å². The molecule has 0 unspecified atom stereocenters. The van der Waals surface area contributed by atoms with E-state index in [0.717, 1.165) is 12.5 Å². The van der Waals surface area contributed by atoms with Crippen molar-refractivity contribution in [3.05, 3.63) is 24.0 Å². The minimum absolute atomic E-state index is 0.590. The number of anilines is 1. The van der Waals surface area contributed by atoms with E-state index in [2.05, 4.69) is 16.9 Å². The van der Waals surface area contributed by atoms with Crippen LogP contribution in [0.3, 0.4) is 0 Å². The number of nitrogens with two attached hydrogens (primary N) is 1. The quantitative estimate of drug-likeness (QED) is 0.814. The van der Waals surface area contributed by atoms with E-state index in [1.807, 2.05) is 18.5 Å². The molecule has 0 aromatic carbocycles. The van der Waals surface area contributed by atoms with Crippen LogP contribution in [0.5, 0.6) is 0 Å². The molecular weight excluding hydrogens is 186 g/mol. The number of aromatic nitrogens is 1. The second-order valence-corrected chi connectivity index (χ2v) is 4.39. The fourth-order valence-electron chi connectivity index (χ4n) is 2.09. The Labute approximate surface area is 91.3 Å². The van der Waals surface area contributed by atoms with E-state index in [1.165, 1.54) is 30.5 Å². The molecule has 15 heavy (non-hydrogen) atoms. The summed E-state index contributed by atoms with van der Waals surface area (Å²) in [6.45, 7) is 1.73. The Kier molecular flexibility index (Phi) is 3.21. The van der Waals surface area contributed by atoms with E-state index in [1.54, 1.807) is 0 Å². The molecule has 3 nitrogen and oxygen atoms in total. The van der Waals surface area contributed by atoms with Gasteiger partial charge in [-0.2, -0.15) is 0 Å². The summed E-state index contributed by atoms with van der Waals surface area (Å²) in [6.07, 6.45) is 7.88. The average Bonchev–Trinajstić information content (AvgIpc) is 2.23. The molecule has 1 aliphatic carbocycles. The first-order valence-corrected chi connectivity index (χ1v) is 5.65. The molecule has 0 atom stereocenters. The van der Waals surface area contributed by atoms with E-state index in [4.69, 9.17) is 5.73 Å². The van der Waals surface area contributed by atoms with Gasteiger partial charge in [0.1, 0.15) is 0 Å². The van der Waals surface area contributed by atoms with Gasteiger partial charge >= 0.3 is 0 Å². The van der Waals surface area contributed by atoms with E-state index in [9.17, 15) is 0 Å². The normalized spacial score (nSPS) is 16.1. The van der Waals surface area contributed by atoms with Crippen molar-refractivity contribution in [3.8, 4) is 0 Å². The molecule has 1 fully saturated rings. The molecule has 1 saturated carbocycles. The molecule has 0 amide bonds. The maximum absolute atomic E-state index is 5.71. The minimum atomic E-state index is 0.590. The third-order valence-electron chi connectivity index (χ3n) is 3.28. The molecular formula is C12H19N3. The van der Waals surface area contributed by atoms with Crippen molar-refractivity contribution in [1.29, 1.82) is 0 Å². The van der Waals surface area contributed by atoms with Crippen molar-refractivity contribution in [1.82, 2.24) is 4.98 Å². The third-order valence-corrected chi connectivity index (χ3v) is 3.28. The molecule has 1 heterocycles. The number of hydrogen-bond acceptors (Lipinski definition) is 3. The van der Waals surface area contributed by atoms with Crippen molar-refractivity contribution >= 4 is 5.69 Å². The number of nitrogens with zero attached hydrogens (tertiary/aromatic N) is 2. The van der Waals surface area contributed by atoms with Crippen molar-refractivity contribution < 1.29 is 0 Å². The molecule has 2 rings (SSSR count). The van der Waals surface area contributed by atoms with Crippen LogP contribution in [-0.4, -0.2) is 18.6 Å². The summed E-state index contributed by atoms with van der Waals surface area (Å²) in [5, 5.41) is 0. The van der Waals surface area contributed by atoms with Crippen LogP contribution in [0.2, 0.25) is 0 Å². The minimum Gasteiger partial charge on any atom is -0.373 e. The Morgan fingerprint density at radius 2 is 2.33 bits per heavy atom. The Hall–Kier alpha value is -1.09. The smallest absolute Gasteiger partial charge is 0.0595 e. The molecule has 0 spiro atoms. The van der Waals surface area contributed by atoms with Gasteiger partial charge in [-0.25, -0.2) is 0 Å². The summed E-state index contributed by atoms with van der Waals surface area (Å²) >= 11 is 0. The number of rotatable bonds is 4. The molecule has 3 heteroatoms. The highest BCUT2D eigenvalue weighted by Crippen LogP contribution is 2.29. The van der Waals surface area contributed by atoms with Crippen LogP contribution in [-0.2, 0) is 6.54 Å². The maximum atomic E-state index is 5.71. The van der Waals surface area contributed by atoms with Crippen LogP contribution in [0, 0.1) is 5.92 Å². The molecule has 1 aromatic heterocycles. The Morgan fingerprint density at radius 3 is 2.93 bits per heavy atom. The monoisotopic (exact) mass is 205 g/mol. The van der Waals surface area contributed by atoms with Gasteiger partial charge in [0.15, 0.2) is 0 Å². The summed E-state index contributed by atoms with van der Waals surface area (Å²) in [4.78, 5) is 6.46. The number of hydrogen-bond donors (Lipinski definition) is 1. The first kappa shape index (κ1) is 10.4. The lowest BCUT2D eigenvalue weighted by Crippen LogP contribution is -2.30. The molecule has 1 aliphatic rings. The fourth-order valence-corrected chi connectivity index (χ4v) is 2.09. The Bertz CT molecular complexity index is 320. The zero-order valence-electron chi connectivity index (χ0n) is 9.32. The maximum Gasteiger partial charge on any atom is 0.0595 e. The fraction of sp³-hybridized carbons (Fsp3) is 0.583. The van der Waals surface area contributed by atoms with Gasteiger partial charge in [-0.1, -0.05) is 6.42 Å². The lowest BCUT2D eigenvalue weighted by Gasteiger charge is -2.31. The molecule has 1 aromatic rings. The summed E-state index contributed by atoms with van der Waals surface area (Å²) in [6, 6.07) is 2.01. The Morgan fingerprint density at radius 1 is 1.53 bits per heavy atom. The molecule has 0 saturated heterocycles. The van der Waals surface area contributed by atoms with Gasteiger partial charge in [-0.3, -0.25) is 4.98 Å². The summed E-state index contributed by atoms with van der Waals surface area (Å²) in [5.41, 5.74) is 8.09. The molecule has 0 radical (unpaired) electrons. The van der Waals surface area contributed by atoms with Gasteiger partial charge in [0.05, 0.1) is 11.9 Å². The third kappa shape index (κ3) is 2.29. The lowest BCUT2D eigenvalue weighted by atomic mass is 9.85. The van der Waals surface area contributed by atoms with Crippen molar-refractivity contribution in [2.45, 2.75) is 25.8 Å². The standard InChI is InChI=1S/C12H19N3/c1-15(9-10-3-2-4-10)12-8-14-6-5-11(12)7-13/h5-6,8,10H,2-4,7,9,13H2,1H3. The zero-order valence-corrected chi connectivity index (χ0v) is 9.32. The molecule has 0 bridgehead atoms. The molecule has 2 N–H and O–H groups in total. The second kappa shape index (κ2) is 4.62. The van der Waals surface area contributed by atoms with Gasteiger partial charge in [0.2, 0.25) is 0 Å². The van der Waals surface area contributed by atoms with Crippen molar-refractivity contribution in [3.63, 3.8) is 0 Å². The van der Waals surface area contributed by atoms with Crippen molar-refractivity contribution in [2.75, 3.05) is 18.5 Å². The lowest BCUT2D eigenvalue weighted by molar-refractivity contribution is 0.321. The van der Waals surface area contributed by atoms with Gasteiger partial charge < -0.3 is 10.6 Å². The van der Waals surface area contributed by atoms with E-state index in [-0.39, 0.29) is 0 Å². The first-order chi connectivity index (χ1) is 7.31. The zero-order chi connectivity index (χ0) is 10.7. The van der Waals surface area contributed by atoms with E-state index < -0.39 is 0 Å². The highest BCUT2D eigenvalue weighted by molar-refractivity contribution is 5.50. The summed E-state index contributed by atoms with van der Waals surface area (Å²) < 4.78 is 0. The van der Waals surface area contributed by atoms with Gasteiger partial charge in [-0.05, 0) is 30.4 Å². The van der Waals surface area contributed by atoms with Crippen molar-refractivity contribution in [2.24, 2.45) is 11.7 Å². The Balaban J connectivity index is 2.05. The first-order valence-electron chi connectivity index (χ1n) is 5.65. The van der Waals surface area contributed by atoms with Gasteiger partial charge in [0.25, 0.3) is 0 Å². The van der Waals surface area contributed by atoms with Crippen LogP contribution >= 0.6 is 0 Å². The highest BCUT2D eigenvalue weighted by atomic mass is 15.1. The predicted molar refractivity (Wildman–Crippen MR) is 62.7 cm³/mol. The highest BCUT2D eigenvalue weighted by Gasteiger charge is 2.19. The van der Waals surface area contributed by atoms with Gasteiger partial charge in [-0.15, -0.1) is 0 Å². The average molecular weight is 205 g/mol. The van der Waals surface area contributed by atoms with Crippen LogP contribution in [0.25, 0.3) is 0 Å². The van der Waals surface area contributed by atoms with E-state index in [0.29, 0.717) is 6.54 Å². The van der Waals surface area contributed by atoms with Crippen LogP contribution < -0.4 is 10.6 Å².